The maximum absolute atomic E-state index is 14.2. The molecule has 0 bridgehead atoms. The maximum atomic E-state index is 14.2. The van der Waals surface area contributed by atoms with Crippen molar-refractivity contribution in [3.05, 3.63) is 119 Å². The molecule has 10 heteroatoms. The molecule has 0 saturated carbocycles. The lowest BCUT2D eigenvalue weighted by Crippen LogP contribution is -2.45. The number of aromatic nitrogens is 3. The Morgan fingerprint density at radius 1 is 0.921 bits per heavy atom. The van der Waals surface area contributed by atoms with Crippen LogP contribution in [0.15, 0.2) is 103 Å². The summed E-state index contributed by atoms with van der Waals surface area (Å²) in [5, 5.41) is 29.9. The van der Waals surface area contributed by atoms with Gasteiger partial charge in [0.05, 0.1) is 5.52 Å². The van der Waals surface area contributed by atoms with Crippen LogP contribution in [0.5, 0.6) is 0 Å². The van der Waals surface area contributed by atoms with Gasteiger partial charge in [-0.3, -0.25) is 5.21 Å². The molecule has 3 aromatic carbocycles. The Hall–Kier alpha value is -4.60. The summed E-state index contributed by atoms with van der Waals surface area (Å²) in [5.74, 6) is -0.986. The van der Waals surface area contributed by atoms with Gasteiger partial charge in [-0.05, 0) is 35.4 Å². The zero-order valence-electron chi connectivity index (χ0n) is 20.5. The van der Waals surface area contributed by atoms with Gasteiger partial charge in [-0.2, -0.15) is 13.2 Å². The second-order valence-corrected chi connectivity index (χ2v) is 9.18. The molecule has 0 saturated heterocycles. The molecule has 7 nitrogen and oxygen atoms in total. The van der Waals surface area contributed by atoms with Crippen molar-refractivity contribution in [3.63, 3.8) is 0 Å². The molecule has 1 aromatic heterocycles. The quantitative estimate of drug-likeness (QED) is 0.220. The van der Waals surface area contributed by atoms with E-state index in [1.54, 1.807) is 10.7 Å². The highest BCUT2D eigenvalue weighted by Gasteiger charge is 2.50. The van der Waals surface area contributed by atoms with Gasteiger partial charge in [-0.1, -0.05) is 72.0 Å². The molecule has 2 unspecified atom stereocenters. The SMILES string of the molecule is CN(C)c1ccc(C(c2ccccc2)(C2C=C/C(=[N+](/[O-])O)C(C(F)(F)F)=C2)n2nnc3ccccc32)cc1. The van der Waals surface area contributed by atoms with Crippen molar-refractivity contribution in [1.29, 1.82) is 0 Å². The Labute approximate surface area is 216 Å². The molecule has 1 N–H and O–H groups in total. The molecule has 38 heavy (non-hydrogen) atoms. The number of alkyl halides is 3. The Kier molecular flexibility index (Phi) is 6.18. The van der Waals surface area contributed by atoms with E-state index in [0.29, 0.717) is 22.2 Å². The van der Waals surface area contributed by atoms with Crippen molar-refractivity contribution in [2.24, 2.45) is 5.92 Å². The predicted octanol–water partition coefficient (Wildman–Crippen LogP) is 5.30. The lowest BCUT2D eigenvalue weighted by molar-refractivity contribution is -0.725. The standard InChI is InChI=1S/C28H24F3N5O2/c1-34(2)22-15-12-20(13-16-22)27(19-8-4-3-5-9-19,35-26-11-7-6-10-24(26)32-33-35)21-14-17-25(36(37)38)23(18-21)28(29,30)31/h3-18,21H,1-2H3,(H,37,38). The third-order valence-electron chi connectivity index (χ3n) is 6.80. The van der Waals surface area contributed by atoms with Crippen LogP contribution in [-0.4, -0.2) is 51.1 Å². The van der Waals surface area contributed by atoms with Crippen LogP contribution < -0.4 is 4.90 Å². The third kappa shape index (κ3) is 4.07. The van der Waals surface area contributed by atoms with Gasteiger partial charge >= 0.3 is 6.18 Å². The first-order valence-corrected chi connectivity index (χ1v) is 11.8. The molecule has 2 atom stereocenters. The molecule has 0 radical (unpaired) electrons. The van der Waals surface area contributed by atoms with Gasteiger partial charge in [0.2, 0.25) is 0 Å². The number of nitrogens with zero attached hydrogens (tertiary/aromatic N) is 5. The summed E-state index contributed by atoms with van der Waals surface area (Å²) in [7, 11) is 3.79. The van der Waals surface area contributed by atoms with Crippen LogP contribution in [0, 0.1) is 11.1 Å². The van der Waals surface area contributed by atoms with Gasteiger partial charge in [0.25, 0.3) is 5.71 Å². The van der Waals surface area contributed by atoms with Gasteiger partial charge < -0.3 is 10.1 Å². The van der Waals surface area contributed by atoms with Crippen LogP contribution in [0.25, 0.3) is 11.0 Å². The third-order valence-corrected chi connectivity index (χ3v) is 6.80. The van der Waals surface area contributed by atoms with Crippen molar-refractivity contribution in [2.45, 2.75) is 11.7 Å². The molecular weight excluding hydrogens is 495 g/mol. The largest absolute Gasteiger partial charge is 0.422 e. The number of anilines is 1. The van der Waals surface area contributed by atoms with Crippen molar-refractivity contribution in [3.8, 4) is 0 Å². The smallest absolute Gasteiger partial charge is 0.417 e. The average Bonchev–Trinajstić information content (AvgIpc) is 3.34. The number of rotatable bonds is 5. The lowest BCUT2D eigenvalue weighted by Gasteiger charge is -2.41. The summed E-state index contributed by atoms with van der Waals surface area (Å²) in [6, 6.07) is 23.8. The fraction of sp³-hybridized carbons (Fsp3) is 0.179. The first-order valence-electron chi connectivity index (χ1n) is 11.8. The van der Waals surface area contributed by atoms with E-state index in [9.17, 15) is 23.6 Å². The van der Waals surface area contributed by atoms with Gasteiger partial charge in [0.1, 0.15) is 16.6 Å². The molecule has 0 amide bonds. The number of allylic oxidation sites excluding steroid dienone is 4. The molecule has 194 valence electrons. The van der Waals surface area contributed by atoms with Crippen molar-refractivity contribution in [1.82, 2.24) is 15.0 Å². The summed E-state index contributed by atoms with van der Waals surface area (Å²) in [4.78, 5) is 1.17. The van der Waals surface area contributed by atoms with E-state index in [1.807, 2.05) is 91.8 Å². The van der Waals surface area contributed by atoms with Crippen molar-refractivity contribution >= 4 is 22.4 Å². The predicted molar refractivity (Wildman–Crippen MR) is 138 cm³/mol. The van der Waals surface area contributed by atoms with Crippen molar-refractivity contribution in [2.75, 3.05) is 19.0 Å². The van der Waals surface area contributed by atoms with E-state index in [0.717, 1.165) is 17.8 Å². The Morgan fingerprint density at radius 2 is 1.55 bits per heavy atom. The Morgan fingerprint density at radius 3 is 2.18 bits per heavy atom. The summed E-state index contributed by atoms with van der Waals surface area (Å²) in [6.45, 7) is 0. The van der Waals surface area contributed by atoms with Gasteiger partial charge in [-0.25, -0.2) is 4.68 Å². The molecule has 0 aliphatic heterocycles. The van der Waals surface area contributed by atoms with Crippen LogP contribution in [0.1, 0.15) is 11.1 Å². The van der Waals surface area contributed by atoms with Crippen LogP contribution in [-0.2, 0) is 5.54 Å². The highest BCUT2D eigenvalue weighted by Crippen LogP contribution is 2.46. The minimum atomic E-state index is -4.90. The number of fused-ring (bicyclic) bond motifs is 1. The molecule has 4 aromatic rings. The van der Waals surface area contributed by atoms with Gasteiger partial charge in [-0.15, -0.1) is 5.10 Å². The van der Waals surface area contributed by atoms with E-state index >= 15 is 0 Å². The monoisotopic (exact) mass is 519 g/mol. The number of halogens is 3. The summed E-state index contributed by atoms with van der Waals surface area (Å²) < 4.78 is 44.3. The molecule has 1 heterocycles. The van der Waals surface area contributed by atoms with Crippen LogP contribution in [0.4, 0.5) is 18.9 Å². The molecule has 1 aliphatic rings. The number of para-hydroxylation sites is 1. The lowest BCUT2D eigenvalue weighted by atomic mass is 9.70. The Balaban J connectivity index is 1.90. The van der Waals surface area contributed by atoms with Crippen LogP contribution in [0.3, 0.4) is 0 Å². The maximum Gasteiger partial charge on any atom is 0.422 e. The molecule has 0 spiro atoms. The Bertz CT molecular complexity index is 1550. The highest BCUT2D eigenvalue weighted by atomic mass is 19.4. The van der Waals surface area contributed by atoms with Crippen LogP contribution in [0.2, 0.25) is 0 Å². The van der Waals surface area contributed by atoms with E-state index < -0.39 is 33.8 Å². The van der Waals surface area contributed by atoms with E-state index in [-0.39, 0.29) is 0 Å². The van der Waals surface area contributed by atoms with Crippen molar-refractivity contribution < 1.29 is 23.3 Å². The summed E-state index contributed by atoms with van der Waals surface area (Å²) in [6.07, 6.45) is -1.44. The molecule has 1 aliphatic carbocycles. The normalized spacial score (nSPS) is 18.7. The second-order valence-electron chi connectivity index (χ2n) is 9.18. The zero-order valence-corrected chi connectivity index (χ0v) is 20.5. The topological polar surface area (TPSA) is 80.2 Å². The van der Waals surface area contributed by atoms with Gasteiger partial charge in [0.15, 0.2) is 0 Å². The van der Waals surface area contributed by atoms with Gasteiger partial charge in [0, 0.05) is 36.7 Å². The minimum Gasteiger partial charge on any atom is -0.417 e. The van der Waals surface area contributed by atoms with E-state index in [1.165, 1.54) is 6.08 Å². The molecular formula is C28H24F3N5O2. The van der Waals surface area contributed by atoms with E-state index in [2.05, 4.69) is 10.3 Å². The molecule has 0 fully saturated rings. The minimum absolute atomic E-state index is 0.575. The first kappa shape index (κ1) is 25.1. The number of hydrogen-bond donors (Lipinski definition) is 1. The fourth-order valence-corrected chi connectivity index (χ4v) is 5.04. The summed E-state index contributed by atoms with van der Waals surface area (Å²) in [5.41, 5.74) is -0.0567. The zero-order chi connectivity index (χ0) is 27.1. The van der Waals surface area contributed by atoms with Crippen LogP contribution >= 0.6 is 0 Å². The van der Waals surface area contributed by atoms with E-state index in [4.69, 9.17) is 0 Å². The number of hydrogen-bond acceptors (Lipinski definition) is 5. The highest BCUT2D eigenvalue weighted by molar-refractivity contribution is 6.06. The average molecular weight is 520 g/mol. The summed E-state index contributed by atoms with van der Waals surface area (Å²) >= 11 is 0. The fourth-order valence-electron chi connectivity index (χ4n) is 5.04. The number of benzene rings is 3. The second kappa shape index (κ2) is 9.37. The molecule has 5 rings (SSSR count). The first-order chi connectivity index (χ1) is 18.1.